The Morgan fingerprint density at radius 1 is 1.67 bits per heavy atom. The first-order valence-electron chi connectivity index (χ1n) is 5.83. The molecule has 0 bridgehead atoms. The molecule has 2 rings (SSSR count). The van der Waals surface area contributed by atoms with Gasteiger partial charge in [-0.15, -0.1) is 0 Å². The molecule has 1 aliphatic rings. The van der Waals surface area contributed by atoms with Crippen LogP contribution in [0.5, 0.6) is 0 Å². The number of rotatable bonds is 4. The van der Waals surface area contributed by atoms with Crippen molar-refractivity contribution in [3.8, 4) is 0 Å². The van der Waals surface area contributed by atoms with E-state index < -0.39 is 0 Å². The molecular formula is C12H21N3. The van der Waals surface area contributed by atoms with Crippen molar-refractivity contribution in [3.05, 3.63) is 18.2 Å². The predicted molar refractivity (Wildman–Crippen MR) is 61.3 cm³/mol. The molecule has 0 amide bonds. The second-order valence-corrected chi connectivity index (χ2v) is 5.30. The summed E-state index contributed by atoms with van der Waals surface area (Å²) in [6.45, 7) is 7.77. The highest BCUT2D eigenvalue weighted by atomic mass is 15.1. The van der Waals surface area contributed by atoms with Crippen LogP contribution in [-0.2, 0) is 6.54 Å². The van der Waals surface area contributed by atoms with E-state index in [9.17, 15) is 0 Å². The standard InChI is InChI=1S/C12H21N3/c1-4-6-15-7-5-14-11(15)10(13)9-8-12(9,2)3/h5,7,9-10H,4,6,8,13H2,1-3H3. The Kier molecular flexibility index (Phi) is 2.59. The summed E-state index contributed by atoms with van der Waals surface area (Å²) in [5.74, 6) is 1.67. The SMILES string of the molecule is CCCn1ccnc1C(N)C1CC1(C)C. The minimum Gasteiger partial charge on any atom is -0.334 e. The molecule has 1 heterocycles. The molecule has 1 aromatic heterocycles. The fourth-order valence-corrected chi connectivity index (χ4v) is 2.35. The van der Waals surface area contributed by atoms with Crippen LogP contribution in [0.15, 0.2) is 12.4 Å². The van der Waals surface area contributed by atoms with Gasteiger partial charge in [-0.25, -0.2) is 4.98 Å². The zero-order valence-corrected chi connectivity index (χ0v) is 9.90. The van der Waals surface area contributed by atoms with Crippen molar-refractivity contribution in [2.75, 3.05) is 0 Å². The third kappa shape index (κ3) is 1.93. The molecule has 0 saturated heterocycles. The van der Waals surface area contributed by atoms with E-state index in [1.807, 2.05) is 12.4 Å². The van der Waals surface area contributed by atoms with E-state index in [-0.39, 0.29) is 6.04 Å². The first-order chi connectivity index (χ1) is 7.06. The number of hydrogen-bond donors (Lipinski definition) is 1. The van der Waals surface area contributed by atoms with Gasteiger partial charge in [-0.05, 0) is 24.2 Å². The van der Waals surface area contributed by atoms with Crippen LogP contribution in [0.1, 0.15) is 45.5 Å². The summed E-state index contributed by atoms with van der Waals surface area (Å²) < 4.78 is 2.19. The van der Waals surface area contributed by atoms with E-state index in [2.05, 4.69) is 30.3 Å². The molecule has 15 heavy (non-hydrogen) atoms. The van der Waals surface area contributed by atoms with Crippen LogP contribution >= 0.6 is 0 Å². The number of aromatic nitrogens is 2. The van der Waals surface area contributed by atoms with Crippen molar-refractivity contribution in [2.24, 2.45) is 17.1 Å². The second kappa shape index (κ2) is 3.63. The van der Waals surface area contributed by atoms with Gasteiger partial charge in [0, 0.05) is 18.9 Å². The first-order valence-corrected chi connectivity index (χ1v) is 5.83. The van der Waals surface area contributed by atoms with Crippen molar-refractivity contribution in [1.82, 2.24) is 9.55 Å². The highest BCUT2D eigenvalue weighted by Gasteiger charge is 2.50. The Bertz CT molecular complexity index is 340. The van der Waals surface area contributed by atoms with Crippen LogP contribution in [0.2, 0.25) is 0 Å². The lowest BCUT2D eigenvalue weighted by atomic mass is 10.0. The Labute approximate surface area is 91.7 Å². The van der Waals surface area contributed by atoms with E-state index in [1.54, 1.807) is 0 Å². The molecule has 3 nitrogen and oxygen atoms in total. The van der Waals surface area contributed by atoms with E-state index in [0.717, 1.165) is 18.8 Å². The Morgan fingerprint density at radius 2 is 2.33 bits per heavy atom. The van der Waals surface area contributed by atoms with Gasteiger partial charge in [-0.2, -0.15) is 0 Å². The number of nitrogens with two attached hydrogens (primary N) is 1. The van der Waals surface area contributed by atoms with E-state index in [4.69, 9.17) is 5.73 Å². The third-order valence-electron chi connectivity index (χ3n) is 3.53. The molecule has 2 N–H and O–H groups in total. The van der Waals surface area contributed by atoms with Crippen LogP contribution in [-0.4, -0.2) is 9.55 Å². The molecule has 1 fully saturated rings. The summed E-state index contributed by atoms with van der Waals surface area (Å²) in [6.07, 6.45) is 6.26. The minimum absolute atomic E-state index is 0.113. The highest BCUT2D eigenvalue weighted by molar-refractivity contribution is 5.10. The lowest BCUT2D eigenvalue weighted by Crippen LogP contribution is -2.20. The topological polar surface area (TPSA) is 43.8 Å². The van der Waals surface area contributed by atoms with Crippen LogP contribution < -0.4 is 5.73 Å². The average Bonchev–Trinajstić information content (AvgIpc) is 2.63. The molecular weight excluding hydrogens is 186 g/mol. The van der Waals surface area contributed by atoms with Gasteiger partial charge in [0.2, 0.25) is 0 Å². The summed E-state index contributed by atoms with van der Waals surface area (Å²) in [5, 5.41) is 0. The summed E-state index contributed by atoms with van der Waals surface area (Å²) in [5.41, 5.74) is 6.69. The molecule has 0 aliphatic heterocycles. The Morgan fingerprint density at radius 3 is 2.87 bits per heavy atom. The van der Waals surface area contributed by atoms with Crippen molar-refractivity contribution < 1.29 is 0 Å². The number of nitrogens with zero attached hydrogens (tertiary/aromatic N) is 2. The fraction of sp³-hybridized carbons (Fsp3) is 0.750. The molecule has 1 saturated carbocycles. The first kappa shape index (κ1) is 10.7. The van der Waals surface area contributed by atoms with Crippen LogP contribution in [0.4, 0.5) is 0 Å². The van der Waals surface area contributed by atoms with Gasteiger partial charge in [0.15, 0.2) is 0 Å². The zero-order valence-electron chi connectivity index (χ0n) is 9.90. The van der Waals surface area contributed by atoms with Crippen molar-refractivity contribution in [1.29, 1.82) is 0 Å². The van der Waals surface area contributed by atoms with Crippen molar-refractivity contribution >= 4 is 0 Å². The average molecular weight is 207 g/mol. The molecule has 2 atom stereocenters. The van der Waals surface area contributed by atoms with Crippen LogP contribution in [0, 0.1) is 11.3 Å². The summed E-state index contributed by atoms with van der Waals surface area (Å²) >= 11 is 0. The maximum absolute atomic E-state index is 6.27. The maximum atomic E-state index is 6.27. The molecule has 3 heteroatoms. The molecule has 0 aromatic carbocycles. The monoisotopic (exact) mass is 207 g/mol. The van der Waals surface area contributed by atoms with Crippen LogP contribution in [0.3, 0.4) is 0 Å². The van der Waals surface area contributed by atoms with Gasteiger partial charge in [-0.3, -0.25) is 0 Å². The number of hydrogen-bond acceptors (Lipinski definition) is 2. The molecule has 2 unspecified atom stereocenters. The third-order valence-corrected chi connectivity index (χ3v) is 3.53. The van der Waals surface area contributed by atoms with Crippen molar-refractivity contribution in [2.45, 2.75) is 46.2 Å². The van der Waals surface area contributed by atoms with E-state index >= 15 is 0 Å². The minimum atomic E-state index is 0.113. The normalized spacial score (nSPS) is 25.2. The molecule has 84 valence electrons. The van der Waals surface area contributed by atoms with Gasteiger partial charge in [-0.1, -0.05) is 20.8 Å². The van der Waals surface area contributed by atoms with Crippen LogP contribution in [0.25, 0.3) is 0 Å². The summed E-state index contributed by atoms with van der Waals surface area (Å²) in [7, 11) is 0. The molecule has 1 aliphatic carbocycles. The lowest BCUT2D eigenvalue weighted by Gasteiger charge is -2.15. The fourth-order valence-electron chi connectivity index (χ4n) is 2.35. The van der Waals surface area contributed by atoms with Gasteiger partial charge < -0.3 is 10.3 Å². The lowest BCUT2D eigenvalue weighted by molar-refractivity contribution is 0.457. The zero-order chi connectivity index (χ0) is 11.1. The van der Waals surface area contributed by atoms with E-state index in [1.165, 1.54) is 6.42 Å². The summed E-state index contributed by atoms with van der Waals surface area (Å²) in [6, 6.07) is 0.113. The van der Waals surface area contributed by atoms with Gasteiger partial charge >= 0.3 is 0 Å². The maximum Gasteiger partial charge on any atom is 0.125 e. The molecule has 1 aromatic rings. The van der Waals surface area contributed by atoms with Crippen molar-refractivity contribution in [3.63, 3.8) is 0 Å². The molecule has 0 radical (unpaired) electrons. The Hall–Kier alpha value is -0.830. The number of imidazole rings is 1. The second-order valence-electron chi connectivity index (χ2n) is 5.30. The largest absolute Gasteiger partial charge is 0.334 e. The van der Waals surface area contributed by atoms with Gasteiger partial charge in [0.05, 0.1) is 6.04 Å². The predicted octanol–water partition coefficient (Wildman–Crippen LogP) is 2.34. The van der Waals surface area contributed by atoms with E-state index in [0.29, 0.717) is 11.3 Å². The molecule has 0 spiro atoms. The highest BCUT2D eigenvalue weighted by Crippen LogP contribution is 2.56. The summed E-state index contributed by atoms with van der Waals surface area (Å²) in [4.78, 5) is 4.40. The quantitative estimate of drug-likeness (QED) is 0.823. The number of aryl methyl sites for hydroxylation is 1. The van der Waals surface area contributed by atoms with Gasteiger partial charge in [0.25, 0.3) is 0 Å². The smallest absolute Gasteiger partial charge is 0.125 e. The Balaban J connectivity index is 2.12. The van der Waals surface area contributed by atoms with Gasteiger partial charge in [0.1, 0.15) is 5.82 Å².